The second-order valence-electron chi connectivity index (χ2n) is 5.98. The van der Waals surface area contributed by atoms with Crippen LogP contribution in [0.2, 0.25) is 0 Å². The molecule has 0 spiro atoms. The van der Waals surface area contributed by atoms with E-state index in [-0.39, 0.29) is 18.8 Å². The lowest BCUT2D eigenvalue weighted by Crippen LogP contribution is -2.49. The van der Waals surface area contributed by atoms with Gasteiger partial charge in [-0.1, -0.05) is 12.2 Å². The van der Waals surface area contributed by atoms with E-state index in [1.165, 1.54) is 6.08 Å². The molecule has 0 saturated carbocycles. The molecular formula is C15H18O6. The SMILES string of the molecule is CC1=CC=C(O)[C@@]2(CO)C[C@H]3OC(=O)[C@](O)(CO)[C@@H]3C=C12. The number of aliphatic hydroxyl groups excluding tert-OH is 3. The van der Waals surface area contributed by atoms with Gasteiger partial charge in [0.05, 0.1) is 24.5 Å². The number of carbonyl (C=O) groups excluding carboxylic acids is 1. The summed E-state index contributed by atoms with van der Waals surface area (Å²) in [5, 5.41) is 39.7. The van der Waals surface area contributed by atoms with Gasteiger partial charge in [-0.15, -0.1) is 0 Å². The highest BCUT2D eigenvalue weighted by Gasteiger charge is 2.60. The lowest BCUT2D eigenvalue weighted by atomic mass is 9.62. The fourth-order valence-corrected chi connectivity index (χ4v) is 3.57. The van der Waals surface area contributed by atoms with Crippen molar-refractivity contribution in [3.05, 3.63) is 35.1 Å². The summed E-state index contributed by atoms with van der Waals surface area (Å²) in [7, 11) is 0. The molecule has 0 aromatic rings. The highest BCUT2D eigenvalue weighted by atomic mass is 16.6. The molecule has 1 fully saturated rings. The number of carbonyl (C=O) groups is 1. The molecule has 6 nitrogen and oxygen atoms in total. The second-order valence-corrected chi connectivity index (χ2v) is 5.98. The predicted molar refractivity (Wildman–Crippen MR) is 72.1 cm³/mol. The van der Waals surface area contributed by atoms with E-state index >= 15 is 0 Å². The van der Waals surface area contributed by atoms with E-state index in [1.807, 2.05) is 6.92 Å². The van der Waals surface area contributed by atoms with Crippen molar-refractivity contribution in [2.24, 2.45) is 11.3 Å². The molecule has 4 N–H and O–H groups in total. The number of hydrogen-bond donors (Lipinski definition) is 4. The molecule has 0 unspecified atom stereocenters. The minimum Gasteiger partial charge on any atom is -0.511 e. The Kier molecular flexibility index (Phi) is 3.02. The summed E-state index contributed by atoms with van der Waals surface area (Å²) in [6.45, 7) is 0.771. The first kappa shape index (κ1) is 14.3. The monoisotopic (exact) mass is 294 g/mol. The molecule has 1 saturated heterocycles. The number of allylic oxidation sites excluding steroid dienone is 3. The fourth-order valence-electron chi connectivity index (χ4n) is 3.57. The van der Waals surface area contributed by atoms with Crippen molar-refractivity contribution in [2.75, 3.05) is 13.2 Å². The highest BCUT2D eigenvalue weighted by molar-refractivity contribution is 5.83. The average molecular weight is 294 g/mol. The Bertz CT molecular complexity index is 589. The standard InChI is InChI=1S/C15H18O6/c1-8-2-3-12(18)14(6-16)5-11-10(4-9(8)14)15(20,7-17)13(19)21-11/h2-4,10-11,16-18,20H,5-7H2,1H3/t10-,11-,14-,15+/m1/s1. The molecule has 1 aliphatic heterocycles. The van der Waals surface area contributed by atoms with Crippen LogP contribution < -0.4 is 0 Å². The van der Waals surface area contributed by atoms with E-state index in [1.54, 1.807) is 12.2 Å². The molecule has 3 rings (SSSR count). The van der Waals surface area contributed by atoms with Crippen LogP contribution in [0.5, 0.6) is 0 Å². The van der Waals surface area contributed by atoms with Crippen LogP contribution in [-0.4, -0.2) is 51.3 Å². The Labute approximate surface area is 121 Å². The van der Waals surface area contributed by atoms with Gasteiger partial charge in [-0.2, -0.15) is 0 Å². The van der Waals surface area contributed by atoms with Gasteiger partial charge in [0, 0.05) is 6.42 Å². The fraction of sp³-hybridized carbons (Fsp3) is 0.533. The summed E-state index contributed by atoms with van der Waals surface area (Å²) in [6.07, 6.45) is 4.36. The van der Waals surface area contributed by atoms with Crippen LogP contribution in [0.4, 0.5) is 0 Å². The summed E-state index contributed by atoms with van der Waals surface area (Å²) < 4.78 is 5.17. The maximum atomic E-state index is 11.8. The maximum absolute atomic E-state index is 11.8. The third-order valence-electron chi connectivity index (χ3n) is 4.89. The molecule has 0 bridgehead atoms. The van der Waals surface area contributed by atoms with E-state index in [0.717, 1.165) is 5.57 Å². The Hall–Kier alpha value is -1.63. The van der Waals surface area contributed by atoms with E-state index in [9.17, 15) is 25.2 Å². The number of ether oxygens (including phenoxy) is 1. The Morgan fingerprint density at radius 3 is 2.67 bits per heavy atom. The molecule has 114 valence electrons. The zero-order valence-electron chi connectivity index (χ0n) is 11.6. The molecule has 0 aromatic heterocycles. The van der Waals surface area contributed by atoms with Gasteiger partial charge in [0.25, 0.3) is 0 Å². The molecule has 6 heteroatoms. The van der Waals surface area contributed by atoms with E-state index in [4.69, 9.17) is 4.74 Å². The van der Waals surface area contributed by atoms with Gasteiger partial charge in [0.2, 0.25) is 0 Å². The summed E-state index contributed by atoms with van der Waals surface area (Å²) in [6, 6.07) is 0. The van der Waals surface area contributed by atoms with Crippen LogP contribution in [0.1, 0.15) is 13.3 Å². The van der Waals surface area contributed by atoms with Crippen LogP contribution >= 0.6 is 0 Å². The summed E-state index contributed by atoms with van der Waals surface area (Å²) in [5.41, 5.74) is -1.48. The molecule has 0 aromatic carbocycles. The number of hydrogen-bond acceptors (Lipinski definition) is 6. The third kappa shape index (κ3) is 1.67. The van der Waals surface area contributed by atoms with Crippen LogP contribution in [0.15, 0.2) is 35.1 Å². The minimum atomic E-state index is -1.96. The largest absolute Gasteiger partial charge is 0.511 e. The second kappa shape index (κ2) is 4.43. The van der Waals surface area contributed by atoms with Crippen molar-refractivity contribution in [2.45, 2.75) is 25.0 Å². The number of fused-ring (bicyclic) bond motifs is 2. The molecule has 4 atom stereocenters. The van der Waals surface area contributed by atoms with Crippen LogP contribution in [0.3, 0.4) is 0 Å². The van der Waals surface area contributed by atoms with E-state index in [0.29, 0.717) is 5.57 Å². The Balaban J connectivity index is 2.14. The lowest BCUT2D eigenvalue weighted by Gasteiger charge is -2.43. The summed E-state index contributed by atoms with van der Waals surface area (Å²) >= 11 is 0. The molecule has 21 heavy (non-hydrogen) atoms. The van der Waals surface area contributed by atoms with Crippen molar-refractivity contribution in [1.29, 1.82) is 0 Å². The Morgan fingerprint density at radius 2 is 2.05 bits per heavy atom. The van der Waals surface area contributed by atoms with Crippen LogP contribution in [0, 0.1) is 11.3 Å². The Morgan fingerprint density at radius 1 is 1.33 bits per heavy atom. The highest BCUT2D eigenvalue weighted by Crippen LogP contribution is 2.53. The van der Waals surface area contributed by atoms with Crippen molar-refractivity contribution in [3.8, 4) is 0 Å². The number of esters is 1. The van der Waals surface area contributed by atoms with Crippen LogP contribution in [0.25, 0.3) is 0 Å². The third-order valence-corrected chi connectivity index (χ3v) is 4.89. The van der Waals surface area contributed by atoms with Gasteiger partial charge < -0.3 is 25.2 Å². The zero-order valence-corrected chi connectivity index (χ0v) is 11.6. The molecule has 0 radical (unpaired) electrons. The van der Waals surface area contributed by atoms with Crippen molar-refractivity contribution < 1.29 is 30.0 Å². The van der Waals surface area contributed by atoms with Gasteiger partial charge in [0.15, 0.2) is 5.60 Å². The normalized spacial score (nSPS) is 41.5. The van der Waals surface area contributed by atoms with Crippen molar-refractivity contribution in [1.82, 2.24) is 0 Å². The molecule has 1 heterocycles. The molecule has 2 aliphatic carbocycles. The maximum Gasteiger partial charge on any atom is 0.341 e. The molecule has 3 aliphatic rings. The predicted octanol–water partition coefficient (Wildman–Crippen LogP) is -0.0380. The first-order valence-corrected chi connectivity index (χ1v) is 6.85. The smallest absolute Gasteiger partial charge is 0.341 e. The first-order chi connectivity index (χ1) is 9.89. The van der Waals surface area contributed by atoms with E-state index < -0.39 is 35.6 Å². The summed E-state index contributed by atoms with van der Waals surface area (Å²) in [4.78, 5) is 11.8. The van der Waals surface area contributed by atoms with E-state index in [2.05, 4.69) is 0 Å². The van der Waals surface area contributed by atoms with Crippen molar-refractivity contribution >= 4 is 5.97 Å². The number of rotatable bonds is 2. The van der Waals surface area contributed by atoms with Gasteiger partial charge in [0.1, 0.15) is 11.9 Å². The molecule has 0 amide bonds. The lowest BCUT2D eigenvalue weighted by molar-refractivity contribution is -0.158. The quantitative estimate of drug-likeness (QED) is 0.532. The van der Waals surface area contributed by atoms with Gasteiger partial charge in [-0.05, 0) is 24.1 Å². The number of aliphatic hydroxyl groups is 4. The first-order valence-electron chi connectivity index (χ1n) is 6.85. The van der Waals surface area contributed by atoms with Crippen molar-refractivity contribution in [3.63, 3.8) is 0 Å². The minimum absolute atomic E-state index is 0.00999. The topological polar surface area (TPSA) is 107 Å². The van der Waals surface area contributed by atoms with Gasteiger partial charge in [-0.3, -0.25) is 0 Å². The van der Waals surface area contributed by atoms with Gasteiger partial charge in [-0.25, -0.2) is 4.79 Å². The molecular weight excluding hydrogens is 276 g/mol. The average Bonchev–Trinajstić information content (AvgIpc) is 2.73. The summed E-state index contributed by atoms with van der Waals surface area (Å²) in [5.74, 6) is -1.55. The zero-order chi connectivity index (χ0) is 15.4. The van der Waals surface area contributed by atoms with Crippen LogP contribution in [-0.2, 0) is 9.53 Å². The van der Waals surface area contributed by atoms with Gasteiger partial charge >= 0.3 is 5.97 Å².